The molecular formula is C54H37NS. The topological polar surface area (TPSA) is 3.24 Å². The fraction of sp³-hybridized carbons (Fsp3) is 0. The molecule has 0 aliphatic carbocycles. The molecule has 10 aromatic rings. The molecule has 0 saturated heterocycles. The van der Waals surface area contributed by atoms with Crippen LogP contribution >= 0.6 is 11.3 Å². The van der Waals surface area contributed by atoms with Crippen molar-refractivity contribution in [3.05, 3.63) is 224 Å². The molecule has 1 nitrogen and oxygen atoms in total. The molecule has 56 heavy (non-hydrogen) atoms. The third kappa shape index (κ3) is 6.26. The van der Waals surface area contributed by atoms with E-state index in [1.165, 1.54) is 75.8 Å². The minimum atomic E-state index is 1.10. The van der Waals surface area contributed by atoms with E-state index in [1.807, 2.05) is 11.3 Å². The van der Waals surface area contributed by atoms with Gasteiger partial charge in [0.25, 0.3) is 0 Å². The number of benzene rings is 9. The van der Waals surface area contributed by atoms with Gasteiger partial charge >= 0.3 is 0 Å². The quantitative estimate of drug-likeness (QED) is 0.150. The van der Waals surface area contributed by atoms with Gasteiger partial charge in [-0.25, -0.2) is 0 Å². The van der Waals surface area contributed by atoms with Crippen molar-refractivity contribution in [1.82, 2.24) is 0 Å². The van der Waals surface area contributed by atoms with Crippen LogP contribution in [0.5, 0.6) is 0 Å². The Kier molecular flexibility index (Phi) is 8.79. The Hall–Kier alpha value is -7.00. The van der Waals surface area contributed by atoms with E-state index >= 15 is 0 Å². The Labute approximate surface area is 332 Å². The first-order valence-corrected chi connectivity index (χ1v) is 19.9. The highest BCUT2D eigenvalue weighted by atomic mass is 32.1. The zero-order valence-electron chi connectivity index (χ0n) is 30.7. The second-order valence-corrected chi connectivity index (χ2v) is 15.2. The van der Waals surface area contributed by atoms with E-state index in [2.05, 4.69) is 229 Å². The average Bonchev–Trinajstić information content (AvgIpc) is 3.67. The van der Waals surface area contributed by atoms with Crippen LogP contribution in [0.15, 0.2) is 224 Å². The van der Waals surface area contributed by atoms with Crippen molar-refractivity contribution in [3.8, 4) is 55.6 Å². The molecular weight excluding hydrogens is 695 g/mol. The largest absolute Gasteiger partial charge is 0.311 e. The van der Waals surface area contributed by atoms with Crippen molar-refractivity contribution >= 4 is 48.6 Å². The average molecular weight is 732 g/mol. The van der Waals surface area contributed by atoms with Crippen molar-refractivity contribution in [2.45, 2.75) is 0 Å². The zero-order valence-corrected chi connectivity index (χ0v) is 31.5. The highest BCUT2D eigenvalue weighted by Crippen LogP contribution is 2.48. The van der Waals surface area contributed by atoms with E-state index in [4.69, 9.17) is 0 Å². The summed E-state index contributed by atoms with van der Waals surface area (Å²) in [4.78, 5) is 2.36. The number of anilines is 3. The highest BCUT2D eigenvalue weighted by Gasteiger charge is 2.20. The van der Waals surface area contributed by atoms with Gasteiger partial charge in [-0.3, -0.25) is 0 Å². The predicted octanol–water partition coefficient (Wildman–Crippen LogP) is 15.9. The van der Waals surface area contributed by atoms with Crippen LogP contribution in [-0.4, -0.2) is 0 Å². The second kappa shape index (κ2) is 14.7. The first-order chi connectivity index (χ1) is 27.8. The van der Waals surface area contributed by atoms with Gasteiger partial charge in [-0.15, -0.1) is 11.3 Å². The highest BCUT2D eigenvalue weighted by molar-refractivity contribution is 7.26. The summed E-state index contributed by atoms with van der Waals surface area (Å²) < 4.78 is 2.61. The van der Waals surface area contributed by atoms with Gasteiger partial charge in [0.2, 0.25) is 0 Å². The van der Waals surface area contributed by atoms with Crippen molar-refractivity contribution in [2.24, 2.45) is 0 Å². The van der Waals surface area contributed by atoms with Crippen molar-refractivity contribution in [2.75, 3.05) is 4.90 Å². The lowest BCUT2D eigenvalue weighted by atomic mass is 9.86. The molecule has 0 bridgehead atoms. The van der Waals surface area contributed by atoms with Gasteiger partial charge in [-0.05, 0) is 104 Å². The molecule has 0 unspecified atom stereocenters. The van der Waals surface area contributed by atoms with E-state index in [9.17, 15) is 0 Å². The molecule has 1 aromatic heterocycles. The molecule has 1 heterocycles. The van der Waals surface area contributed by atoms with Crippen LogP contribution in [0.2, 0.25) is 0 Å². The summed E-state index contributed by atoms with van der Waals surface area (Å²) in [5, 5.41) is 2.61. The molecule has 0 radical (unpaired) electrons. The molecule has 0 aliphatic rings. The number of rotatable bonds is 8. The van der Waals surface area contributed by atoms with Crippen LogP contribution in [0.3, 0.4) is 0 Å². The fourth-order valence-corrected chi connectivity index (χ4v) is 9.13. The molecule has 0 aliphatic heterocycles. The van der Waals surface area contributed by atoms with Crippen molar-refractivity contribution in [1.29, 1.82) is 0 Å². The lowest BCUT2D eigenvalue weighted by Crippen LogP contribution is -2.09. The molecule has 0 spiro atoms. The number of fused-ring (bicyclic) bond motifs is 3. The number of nitrogens with zero attached hydrogens (tertiary/aromatic N) is 1. The SMILES string of the molecule is c1ccc(-c2ccc(N(c3ccc(-c4ccccc4)cc3)c3ccc(-c4ccc5sc6ccccc6c5c4-c4ccccc4-c4ccccc4)cc3)cc2)cc1. The summed E-state index contributed by atoms with van der Waals surface area (Å²) >= 11 is 1.87. The van der Waals surface area contributed by atoms with Gasteiger partial charge in [0.05, 0.1) is 0 Å². The van der Waals surface area contributed by atoms with E-state index in [1.54, 1.807) is 0 Å². The first-order valence-electron chi connectivity index (χ1n) is 19.1. The van der Waals surface area contributed by atoms with Crippen LogP contribution < -0.4 is 4.90 Å². The Morgan fingerprint density at radius 3 is 1.23 bits per heavy atom. The van der Waals surface area contributed by atoms with E-state index in [0.717, 1.165) is 17.1 Å². The summed E-state index contributed by atoms with van der Waals surface area (Å²) in [6.07, 6.45) is 0. The zero-order chi connectivity index (χ0) is 37.3. The molecule has 0 saturated carbocycles. The lowest BCUT2D eigenvalue weighted by molar-refractivity contribution is 1.28. The minimum absolute atomic E-state index is 1.10. The van der Waals surface area contributed by atoms with E-state index in [-0.39, 0.29) is 0 Å². The van der Waals surface area contributed by atoms with Crippen molar-refractivity contribution in [3.63, 3.8) is 0 Å². The van der Waals surface area contributed by atoms with Gasteiger partial charge in [-0.2, -0.15) is 0 Å². The standard InChI is InChI=1S/C54H37NS/c1-4-14-38(15-5-1)40-24-30-44(31-25-40)55(45-32-26-41(27-33-45)39-16-6-2-7-17-39)46-34-28-43(29-35-46)48-36-37-52-54(50-22-12-13-23-51(50)56-52)53(48)49-21-11-10-20-47(49)42-18-8-3-9-19-42/h1-37H. The third-order valence-electron chi connectivity index (χ3n) is 10.7. The second-order valence-electron chi connectivity index (χ2n) is 14.1. The normalized spacial score (nSPS) is 11.2. The molecule has 2 heteroatoms. The summed E-state index contributed by atoms with van der Waals surface area (Å²) in [7, 11) is 0. The first kappa shape index (κ1) is 33.6. The number of hydrogen-bond donors (Lipinski definition) is 0. The smallest absolute Gasteiger partial charge is 0.0462 e. The third-order valence-corrected chi connectivity index (χ3v) is 11.9. The molecule has 264 valence electrons. The minimum Gasteiger partial charge on any atom is -0.311 e. The molecule has 0 amide bonds. The molecule has 0 atom stereocenters. The summed E-state index contributed by atoms with van der Waals surface area (Å²) in [5.74, 6) is 0. The lowest BCUT2D eigenvalue weighted by Gasteiger charge is -2.26. The Morgan fingerprint density at radius 1 is 0.268 bits per heavy atom. The van der Waals surface area contributed by atoms with Gasteiger partial charge < -0.3 is 4.90 Å². The molecule has 10 rings (SSSR count). The Bertz CT molecular complexity index is 2830. The maximum absolute atomic E-state index is 2.36. The number of hydrogen-bond acceptors (Lipinski definition) is 2. The number of thiophene rings is 1. The van der Waals surface area contributed by atoms with E-state index < -0.39 is 0 Å². The Balaban J connectivity index is 1.11. The molecule has 0 fully saturated rings. The van der Waals surface area contributed by atoms with Gasteiger partial charge in [0.1, 0.15) is 0 Å². The maximum atomic E-state index is 2.36. The van der Waals surface area contributed by atoms with Crippen LogP contribution in [-0.2, 0) is 0 Å². The maximum Gasteiger partial charge on any atom is 0.0462 e. The van der Waals surface area contributed by atoms with Crippen molar-refractivity contribution < 1.29 is 0 Å². The van der Waals surface area contributed by atoms with Gasteiger partial charge in [-0.1, -0.05) is 176 Å². The Morgan fingerprint density at radius 2 is 0.679 bits per heavy atom. The summed E-state index contributed by atoms with van der Waals surface area (Å²) in [6.45, 7) is 0. The van der Waals surface area contributed by atoms with Gasteiger partial charge in [0.15, 0.2) is 0 Å². The molecule has 0 N–H and O–H groups in total. The summed E-state index contributed by atoms with van der Waals surface area (Å²) in [6, 6.07) is 81.2. The van der Waals surface area contributed by atoms with Crippen LogP contribution in [0, 0.1) is 0 Å². The van der Waals surface area contributed by atoms with Gasteiger partial charge in [0, 0.05) is 37.2 Å². The summed E-state index contributed by atoms with van der Waals surface area (Å²) in [5.41, 5.74) is 15.5. The predicted molar refractivity (Wildman–Crippen MR) is 241 cm³/mol. The van der Waals surface area contributed by atoms with Crippen LogP contribution in [0.1, 0.15) is 0 Å². The van der Waals surface area contributed by atoms with Crippen LogP contribution in [0.4, 0.5) is 17.1 Å². The van der Waals surface area contributed by atoms with E-state index in [0.29, 0.717) is 0 Å². The van der Waals surface area contributed by atoms with Crippen LogP contribution in [0.25, 0.3) is 75.8 Å². The molecule has 9 aromatic carbocycles. The fourth-order valence-electron chi connectivity index (χ4n) is 8.01. The monoisotopic (exact) mass is 731 g/mol.